The van der Waals surface area contributed by atoms with E-state index in [0.717, 1.165) is 0 Å². The van der Waals surface area contributed by atoms with E-state index in [1.807, 2.05) is 0 Å². The van der Waals surface area contributed by atoms with E-state index in [4.69, 9.17) is 39.8 Å². The molecule has 18 heteroatoms. The number of imide groups is 3. The molecule has 0 bridgehead atoms. The molecule has 0 aromatic rings. The van der Waals surface area contributed by atoms with Gasteiger partial charge in [-0.05, 0) is 6.92 Å². The third-order valence-electron chi connectivity index (χ3n) is 5.23. The smallest absolute Gasteiger partial charge is 0.359 e. The first-order chi connectivity index (χ1) is 15.1. The van der Waals surface area contributed by atoms with Crippen LogP contribution in [0.3, 0.4) is 0 Å². The number of carbonyl (C=O) groups excluding carboxylic acids is 3. The van der Waals surface area contributed by atoms with Crippen LogP contribution in [0.25, 0.3) is 0 Å². The summed E-state index contributed by atoms with van der Waals surface area (Å²) in [4.78, 5) is 41.7. The Labute approximate surface area is 190 Å². The Bertz CT molecular complexity index is 635. The molecule has 0 atom stereocenters. The second-order valence-corrected chi connectivity index (χ2v) is 14.5. The first-order valence-corrected chi connectivity index (χ1v) is 14.2. The number of quaternary nitrogens is 1. The fourth-order valence-corrected chi connectivity index (χ4v) is 9.98. The van der Waals surface area contributed by atoms with E-state index >= 15 is 0 Å². The summed E-state index contributed by atoms with van der Waals surface area (Å²) in [6.07, 6.45) is 0. The molecule has 1 saturated heterocycles. The van der Waals surface area contributed by atoms with Crippen LogP contribution in [-0.2, 0) is 39.8 Å². The van der Waals surface area contributed by atoms with E-state index in [1.165, 1.54) is 70.9 Å². The molecule has 1 heterocycles. The Kier molecular flexibility index (Phi) is 9.80. The molecule has 0 unspecified atom stereocenters. The number of hydrogen-bond acceptors (Lipinski definition) is 12. The molecule has 0 aliphatic carbocycles. The van der Waals surface area contributed by atoms with Gasteiger partial charge in [0, 0.05) is 64.0 Å². The van der Waals surface area contributed by atoms with E-state index in [-0.39, 0.29) is 6.54 Å². The van der Waals surface area contributed by atoms with Gasteiger partial charge >= 0.3 is 45.0 Å². The van der Waals surface area contributed by atoms with Gasteiger partial charge in [0.25, 0.3) is 0 Å². The SMILES string of the molecule is CC[N+]1([Si](OC)(OC)OC)C(=O)N([Si](OC)(OC)OC)C(=O)N([Si](OC)(OC)OC)C1=O. The Morgan fingerprint density at radius 3 is 1.06 bits per heavy atom. The monoisotopic (exact) mass is 518 g/mol. The van der Waals surface area contributed by atoms with Crippen LogP contribution in [0.1, 0.15) is 6.92 Å². The molecule has 0 saturated carbocycles. The average molecular weight is 519 g/mol. The van der Waals surface area contributed by atoms with Gasteiger partial charge < -0.3 is 39.8 Å². The van der Waals surface area contributed by atoms with Gasteiger partial charge in [-0.1, -0.05) is 0 Å². The number of urea groups is 3. The highest BCUT2D eigenvalue weighted by atomic mass is 28.4. The maximum Gasteiger partial charge on any atom is 0.802 e. The van der Waals surface area contributed by atoms with Crippen LogP contribution in [0.2, 0.25) is 0 Å². The van der Waals surface area contributed by atoms with Gasteiger partial charge in [0.15, 0.2) is 0 Å². The molecule has 0 spiro atoms. The highest BCUT2D eigenvalue weighted by Gasteiger charge is 2.82. The molecule has 0 radical (unpaired) electrons. The van der Waals surface area contributed by atoms with Crippen LogP contribution in [-0.4, -0.2) is 129 Å². The lowest BCUT2D eigenvalue weighted by Crippen LogP contribution is -2.90. The fourth-order valence-electron chi connectivity index (χ4n) is 3.62. The van der Waals surface area contributed by atoms with Gasteiger partial charge in [0.1, 0.15) is 0 Å². The van der Waals surface area contributed by atoms with Gasteiger partial charge in [-0.25, -0.2) is 14.4 Å². The molecular formula is C14H32N3O12Si3+. The molecule has 6 amide bonds. The van der Waals surface area contributed by atoms with Crippen LogP contribution in [0.4, 0.5) is 14.4 Å². The van der Waals surface area contributed by atoms with Crippen molar-refractivity contribution in [3.63, 3.8) is 0 Å². The first kappa shape index (κ1) is 28.9. The standard InChI is InChI=1S/C14H32N3O12Si3/c1-11-17(32(27-8,28-9)29-10)13(19)15(30(21-2,22-3)23-4)12(18)16(14(17)20)31(24-5,25-6)26-7/h11H2,1-10H3/q+1. The van der Waals surface area contributed by atoms with Crippen molar-refractivity contribution in [2.24, 2.45) is 0 Å². The molecule has 1 fully saturated rings. The third-order valence-corrected chi connectivity index (χ3v) is 13.4. The van der Waals surface area contributed by atoms with Crippen LogP contribution in [0.15, 0.2) is 0 Å². The van der Waals surface area contributed by atoms with Crippen molar-refractivity contribution in [3.8, 4) is 0 Å². The molecule has 186 valence electrons. The molecule has 0 aromatic carbocycles. The molecule has 1 aliphatic rings. The van der Waals surface area contributed by atoms with E-state index in [9.17, 15) is 14.4 Å². The highest BCUT2D eigenvalue weighted by molar-refractivity contribution is 6.70. The second-order valence-electron chi connectivity index (χ2n) is 6.05. The van der Waals surface area contributed by atoms with Gasteiger partial charge in [0.2, 0.25) is 0 Å². The molecule has 32 heavy (non-hydrogen) atoms. The Morgan fingerprint density at radius 1 is 0.594 bits per heavy atom. The zero-order valence-corrected chi connectivity index (χ0v) is 22.9. The minimum atomic E-state index is -4.23. The minimum absolute atomic E-state index is 0.247. The summed E-state index contributed by atoms with van der Waals surface area (Å²) in [6, 6.07) is -3.35. The first-order valence-electron chi connectivity index (χ1n) is 9.16. The molecule has 0 aromatic heterocycles. The molecular weight excluding hydrogens is 486 g/mol. The summed E-state index contributed by atoms with van der Waals surface area (Å²) < 4.78 is 48.8. The topological polar surface area (TPSA) is 141 Å². The quantitative estimate of drug-likeness (QED) is 0.301. The van der Waals surface area contributed by atoms with Gasteiger partial charge in [-0.2, -0.15) is 9.13 Å². The number of nitrogens with zero attached hydrogens (tertiary/aromatic N) is 3. The van der Waals surface area contributed by atoms with Gasteiger partial charge in [-0.15, -0.1) is 4.15 Å². The van der Waals surface area contributed by atoms with Crippen molar-refractivity contribution in [2.75, 3.05) is 70.5 Å². The van der Waals surface area contributed by atoms with E-state index in [1.54, 1.807) is 0 Å². The number of carbonyl (C=O) groups is 3. The van der Waals surface area contributed by atoms with E-state index in [2.05, 4.69) is 0 Å². The maximum atomic E-state index is 14.0. The van der Waals surface area contributed by atoms with Gasteiger partial charge in [-0.3, -0.25) is 0 Å². The van der Waals surface area contributed by atoms with Crippen molar-refractivity contribution in [3.05, 3.63) is 0 Å². The minimum Gasteiger partial charge on any atom is -0.359 e. The summed E-state index contributed by atoms with van der Waals surface area (Å²) in [5.74, 6) is 0. The summed E-state index contributed by atoms with van der Waals surface area (Å²) in [5, 5.41) is 0. The van der Waals surface area contributed by atoms with Crippen LogP contribution >= 0.6 is 0 Å². The van der Waals surface area contributed by atoms with Crippen molar-refractivity contribution in [1.82, 2.24) is 9.13 Å². The fraction of sp³-hybridized carbons (Fsp3) is 0.786. The lowest BCUT2D eigenvalue weighted by Gasteiger charge is -2.50. The number of rotatable bonds is 13. The highest BCUT2D eigenvalue weighted by Crippen LogP contribution is 2.37. The largest absolute Gasteiger partial charge is 0.802 e. The van der Waals surface area contributed by atoms with Crippen LogP contribution in [0, 0.1) is 0 Å². The lowest BCUT2D eigenvalue weighted by molar-refractivity contribution is -0.703. The van der Waals surface area contributed by atoms with Crippen molar-refractivity contribution in [2.45, 2.75) is 6.92 Å². The van der Waals surface area contributed by atoms with E-state index < -0.39 is 49.1 Å². The second kappa shape index (κ2) is 10.9. The average Bonchev–Trinajstić information content (AvgIpc) is 2.83. The Morgan fingerprint density at radius 2 is 0.875 bits per heavy atom. The number of hydrogen-bond donors (Lipinski definition) is 0. The predicted molar refractivity (Wildman–Crippen MR) is 111 cm³/mol. The third kappa shape index (κ3) is 3.70. The normalized spacial score (nSPS) is 18.0. The summed E-state index contributed by atoms with van der Waals surface area (Å²) in [7, 11) is -1.81. The zero-order chi connectivity index (χ0) is 25.0. The van der Waals surface area contributed by atoms with E-state index in [0.29, 0.717) is 9.13 Å². The molecule has 1 rings (SSSR count). The van der Waals surface area contributed by atoms with Crippen molar-refractivity contribution >= 4 is 45.0 Å². The van der Waals surface area contributed by atoms with Crippen LogP contribution in [0.5, 0.6) is 0 Å². The molecule has 0 N–H and O–H groups in total. The summed E-state index contributed by atoms with van der Waals surface area (Å²) in [5.41, 5.74) is 0. The zero-order valence-electron chi connectivity index (χ0n) is 19.9. The molecule has 15 nitrogen and oxygen atoms in total. The predicted octanol–water partition coefficient (Wildman–Crippen LogP) is -0.0749. The summed E-state index contributed by atoms with van der Waals surface area (Å²) in [6.45, 7) is 1.27. The lowest BCUT2D eigenvalue weighted by atomic mass is 10.5. The summed E-state index contributed by atoms with van der Waals surface area (Å²) >= 11 is 0. The van der Waals surface area contributed by atoms with Crippen molar-refractivity contribution < 1.29 is 58.4 Å². The molecule has 1 aliphatic heterocycles. The van der Waals surface area contributed by atoms with Crippen molar-refractivity contribution in [1.29, 1.82) is 0 Å². The maximum absolute atomic E-state index is 14.0. The van der Waals surface area contributed by atoms with Gasteiger partial charge in [0.05, 0.1) is 6.54 Å². The Balaban J connectivity index is 4.14. The van der Waals surface area contributed by atoms with Crippen LogP contribution < -0.4 is 0 Å². The number of amides is 6. The Hall–Kier alpha value is -1.14.